The fourth-order valence-corrected chi connectivity index (χ4v) is 2.42. The molecule has 1 aliphatic rings. The van der Waals surface area contributed by atoms with Gasteiger partial charge in [0.15, 0.2) is 0 Å². The lowest BCUT2D eigenvalue weighted by Crippen LogP contribution is -2.15. The van der Waals surface area contributed by atoms with E-state index in [1.54, 1.807) is 6.20 Å². The molecule has 1 aliphatic carbocycles. The third-order valence-electron chi connectivity index (χ3n) is 3.25. The minimum atomic E-state index is 0.534. The Morgan fingerprint density at radius 2 is 2.10 bits per heavy atom. The van der Waals surface area contributed by atoms with E-state index in [4.69, 9.17) is 4.74 Å². The molecular weight excluding hydrogens is 316 g/mol. The molecule has 0 saturated heterocycles. The van der Waals surface area contributed by atoms with Crippen LogP contribution in [0, 0.1) is 0 Å². The molecule has 0 amide bonds. The molecule has 1 saturated carbocycles. The number of benzene rings is 1. The molecular formula is C16H17BrN2O. The number of rotatable bonds is 6. The van der Waals surface area contributed by atoms with Crippen LogP contribution in [0.4, 0.5) is 0 Å². The minimum absolute atomic E-state index is 0.534. The Bertz CT molecular complexity index is 584. The van der Waals surface area contributed by atoms with Crippen LogP contribution >= 0.6 is 15.9 Å². The SMILES string of the molecule is Brc1cccc(COc2cc(CNC3CC3)ccn2)c1. The number of ether oxygens (including phenoxy) is 1. The molecule has 0 radical (unpaired) electrons. The first-order valence-electron chi connectivity index (χ1n) is 6.85. The van der Waals surface area contributed by atoms with Crippen molar-refractivity contribution < 1.29 is 4.74 Å². The van der Waals surface area contributed by atoms with Gasteiger partial charge in [0.2, 0.25) is 5.88 Å². The molecule has 0 aliphatic heterocycles. The summed E-state index contributed by atoms with van der Waals surface area (Å²) in [7, 11) is 0. The van der Waals surface area contributed by atoms with Crippen molar-refractivity contribution in [2.75, 3.05) is 0 Å². The highest BCUT2D eigenvalue weighted by atomic mass is 79.9. The van der Waals surface area contributed by atoms with Crippen molar-refractivity contribution in [3.8, 4) is 5.88 Å². The van der Waals surface area contributed by atoms with E-state index in [0.29, 0.717) is 18.5 Å². The summed E-state index contributed by atoms with van der Waals surface area (Å²) in [5.74, 6) is 0.681. The van der Waals surface area contributed by atoms with E-state index in [9.17, 15) is 0 Å². The number of aromatic nitrogens is 1. The van der Waals surface area contributed by atoms with Crippen molar-refractivity contribution in [3.05, 3.63) is 58.2 Å². The lowest BCUT2D eigenvalue weighted by Gasteiger charge is -2.08. The maximum Gasteiger partial charge on any atom is 0.213 e. The van der Waals surface area contributed by atoms with Crippen LogP contribution in [0.5, 0.6) is 5.88 Å². The molecule has 1 aromatic carbocycles. The molecule has 1 aromatic heterocycles. The molecule has 3 nitrogen and oxygen atoms in total. The van der Waals surface area contributed by atoms with E-state index in [2.05, 4.69) is 32.3 Å². The highest BCUT2D eigenvalue weighted by Gasteiger charge is 2.19. The van der Waals surface area contributed by atoms with E-state index in [0.717, 1.165) is 16.6 Å². The number of nitrogens with one attached hydrogen (secondary N) is 1. The van der Waals surface area contributed by atoms with Crippen LogP contribution in [0.2, 0.25) is 0 Å². The lowest BCUT2D eigenvalue weighted by atomic mass is 10.2. The van der Waals surface area contributed by atoms with E-state index in [1.807, 2.05) is 30.3 Å². The van der Waals surface area contributed by atoms with Crippen LogP contribution < -0.4 is 10.1 Å². The van der Waals surface area contributed by atoms with Gasteiger partial charge in [0.1, 0.15) is 6.61 Å². The summed E-state index contributed by atoms with van der Waals surface area (Å²) < 4.78 is 6.81. The van der Waals surface area contributed by atoms with Crippen LogP contribution in [0.25, 0.3) is 0 Å². The predicted octanol–water partition coefficient (Wildman–Crippen LogP) is 3.68. The van der Waals surface area contributed by atoms with Crippen molar-refractivity contribution >= 4 is 15.9 Å². The molecule has 0 spiro atoms. The second-order valence-corrected chi connectivity index (χ2v) is 5.99. The zero-order chi connectivity index (χ0) is 13.8. The summed E-state index contributed by atoms with van der Waals surface area (Å²) >= 11 is 3.46. The highest BCUT2D eigenvalue weighted by Crippen LogP contribution is 2.20. The molecule has 1 fully saturated rings. The van der Waals surface area contributed by atoms with E-state index >= 15 is 0 Å². The number of pyridine rings is 1. The maximum atomic E-state index is 5.75. The van der Waals surface area contributed by atoms with Gasteiger partial charge < -0.3 is 10.1 Å². The van der Waals surface area contributed by atoms with Crippen molar-refractivity contribution in [2.45, 2.75) is 32.0 Å². The zero-order valence-corrected chi connectivity index (χ0v) is 12.8. The topological polar surface area (TPSA) is 34.1 Å². The summed E-state index contributed by atoms with van der Waals surface area (Å²) in [6.07, 6.45) is 4.41. The third-order valence-corrected chi connectivity index (χ3v) is 3.74. The van der Waals surface area contributed by atoms with Gasteiger partial charge in [-0.1, -0.05) is 28.1 Å². The van der Waals surface area contributed by atoms with Crippen LogP contribution in [-0.4, -0.2) is 11.0 Å². The minimum Gasteiger partial charge on any atom is -0.473 e. The molecule has 0 bridgehead atoms. The Morgan fingerprint density at radius 3 is 2.90 bits per heavy atom. The standard InChI is InChI=1S/C16H17BrN2O/c17-14-3-1-2-13(8-14)11-20-16-9-12(6-7-18-16)10-19-15-4-5-15/h1-3,6-9,15,19H,4-5,10-11H2. The quantitative estimate of drug-likeness (QED) is 0.876. The second kappa shape index (κ2) is 6.37. The normalized spacial score (nSPS) is 14.2. The van der Waals surface area contributed by atoms with Crippen LogP contribution in [-0.2, 0) is 13.2 Å². The Morgan fingerprint density at radius 1 is 1.20 bits per heavy atom. The largest absolute Gasteiger partial charge is 0.473 e. The number of halogens is 1. The number of hydrogen-bond donors (Lipinski definition) is 1. The van der Waals surface area contributed by atoms with Crippen LogP contribution in [0.3, 0.4) is 0 Å². The fourth-order valence-electron chi connectivity index (χ4n) is 1.97. The average Bonchev–Trinajstić information content (AvgIpc) is 3.28. The monoisotopic (exact) mass is 332 g/mol. The molecule has 3 rings (SSSR count). The van der Waals surface area contributed by atoms with Crippen molar-refractivity contribution in [1.82, 2.24) is 10.3 Å². The molecule has 104 valence electrons. The average molecular weight is 333 g/mol. The fraction of sp³-hybridized carbons (Fsp3) is 0.312. The van der Waals surface area contributed by atoms with Crippen LogP contribution in [0.15, 0.2) is 47.1 Å². The first-order chi connectivity index (χ1) is 9.79. The maximum absolute atomic E-state index is 5.75. The van der Waals surface area contributed by atoms with Gasteiger partial charge in [-0.25, -0.2) is 4.98 Å². The van der Waals surface area contributed by atoms with Gasteiger partial charge in [0, 0.05) is 29.3 Å². The Balaban J connectivity index is 1.57. The summed E-state index contributed by atoms with van der Waals surface area (Å²) in [5, 5.41) is 3.49. The van der Waals surface area contributed by atoms with Crippen molar-refractivity contribution in [3.63, 3.8) is 0 Å². The Labute approximate surface area is 127 Å². The van der Waals surface area contributed by atoms with Gasteiger partial charge in [0.25, 0.3) is 0 Å². The summed E-state index contributed by atoms with van der Waals surface area (Å²) in [6, 6.07) is 12.9. The second-order valence-electron chi connectivity index (χ2n) is 5.08. The van der Waals surface area contributed by atoms with Gasteiger partial charge in [0.05, 0.1) is 0 Å². The number of nitrogens with zero attached hydrogens (tertiary/aromatic N) is 1. The Hall–Kier alpha value is -1.39. The van der Waals surface area contributed by atoms with Gasteiger partial charge >= 0.3 is 0 Å². The summed E-state index contributed by atoms with van der Waals surface area (Å²) in [4.78, 5) is 4.26. The molecule has 20 heavy (non-hydrogen) atoms. The van der Waals surface area contributed by atoms with E-state index < -0.39 is 0 Å². The molecule has 2 aromatic rings. The Kier molecular flexibility index (Phi) is 4.33. The summed E-state index contributed by atoms with van der Waals surface area (Å²) in [6.45, 7) is 1.42. The molecule has 4 heteroatoms. The summed E-state index contributed by atoms with van der Waals surface area (Å²) in [5.41, 5.74) is 2.35. The van der Waals surface area contributed by atoms with Crippen molar-refractivity contribution in [2.24, 2.45) is 0 Å². The first kappa shape index (κ1) is 13.6. The van der Waals surface area contributed by atoms with Crippen LogP contribution in [0.1, 0.15) is 24.0 Å². The first-order valence-corrected chi connectivity index (χ1v) is 7.64. The molecule has 1 N–H and O–H groups in total. The molecule has 0 unspecified atom stereocenters. The lowest BCUT2D eigenvalue weighted by molar-refractivity contribution is 0.293. The van der Waals surface area contributed by atoms with Gasteiger partial charge in [-0.3, -0.25) is 0 Å². The van der Waals surface area contributed by atoms with E-state index in [1.165, 1.54) is 18.4 Å². The van der Waals surface area contributed by atoms with Crippen molar-refractivity contribution in [1.29, 1.82) is 0 Å². The van der Waals surface area contributed by atoms with Gasteiger partial charge in [-0.05, 0) is 42.2 Å². The third kappa shape index (κ3) is 4.05. The predicted molar refractivity (Wildman–Crippen MR) is 82.6 cm³/mol. The van der Waals surface area contributed by atoms with Gasteiger partial charge in [-0.2, -0.15) is 0 Å². The van der Waals surface area contributed by atoms with E-state index in [-0.39, 0.29) is 0 Å². The smallest absolute Gasteiger partial charge is 0.213 e. The van der Waals surface area contributed by atoms with Gasteiger partial charge in [-0.15, -0.1) is 0 Å². The highest BCUT2D eigenvalue weighted by molar-refractivity contribution is 9.10. The number of hydrogen-bond acceptors (Lipinski definition) is 3. The molecule has 0 atom stereocenters. The zero-order valence-electron chi connectivity index (χ0n) is 11.2. The molecule has 1 heterocycles.